The van der Waals surface area contributed by atoms with E-state index >= 15 is 0 Å². The number of hydrogen-bond acceptors (Lipinski definition) is 3. The fourth-order valence-electron chi connectivity index (χ4n) is 0.676. The first kappa shape index (κ1) is 11.4. The summed E-state index contributed by atoms with van der Waals surface area (Å²) < 4.78 is 36.3. The van der Waals surface area contributed by atoms with E-state index < -0.39 is 12.2 Å². The molecule has 0 radical (unpaired) electrons. The van der Waals surface area contributed by atoms with Crippen molar-refractivity contribution >= 4 is 28.5 Å². The highest BCUT2D eigenvalue weighted by Crippen LogP contribution is 2.20. The molecule has 0 bridgehead atoms. The summed E-state index contributed by atoms with van der Waals surface area (Å²) in [6.07, 6.45) is -2.80. The van der Waals surface area contributed by atoms with Gasteiger partial charge in [-0.3, -0.25) is 0 Å². The average Bonchev–Trinajstić information content (AvgIpc) is 2.53. The fraction of sp³-hybridized carbons (Fsp3) is 0.429. The molecule has 0 aliphatic heterocycles. The van der Waals surface area contributed by atoms with Crippen molar-refractivity contribution in [3.63, 3.8) is 0 Å². The molecule has 7 heteroatoms. The summed E-state index contributed by atoms with van der Waals surface area (Å²) in [5.74, 6) is 0. The third kappa shape index (κ3) is 2.91. The van der Waals surface area contributed by atoms with Gasteiger partial charge in [-0.1, -0.05) is 12.2 Å². The molecule has 1 aromatic rings. The summed E-state index contributed by atoms with van der Waals surface area (Å²) in [6, 6.07) is -1.65. The molecule has 0 saturated carbocycles. The molecule has 1 unspecified atom stereocenters. The number of alkyl halides is 3. The minimum atomic E-state index is -4.29. The topological polar surface area (TPSA) is 24.9 Å². The molecule has 78 valence electrons. The van der Waals surface area contributed by atoms with Crippen LogP contribution in [0.25, 0.3) is 0 Å². The molecule has 2 nitrogen and oxygen atoms in total. The van der Waals surface area contributed by atoms with Gasteiger partial charge in [-0.05, 0) is 6.92 Å². The van der Waals surface area contributed by atoms with Crippen LogP contribution in [0.2, 0.25) is 0 Å². The van der Waals surface area contributed by atoms with Gasteiger partial charge in [0.25, 0.3) is 0 Å². The Morgan fingerprint density at radius 2 is 2.29 bits per heavy atom. The molecule has 0 aromatic carbocycles. The summed E-state index contributed by atoms with van der Waals surface area (Å²) in [4.78, 5) is 3.83. The lowest BCUT2D eigenvalue weighted by atomic mass is 10.3. The molecule has 1 rings (SSSR count). The second-order valence-corrected chi connectivity index (χ2v) is 3.88. The van der Waals surface area contributed by atoms with Crippen molar-refractivity contribution in [2.24, 2.45) is 0 Å². The maximum absolute atomic E-state index is 12.1. The molecule has 0 spiro atoms. The molecule has 0 aliphatic carbocycles. The Kier molecular flexibility index (Phi) is 3.43. The van der Waals surface area contributed by atoms with Gasteiger partial charge in [-0.2, -0.15) is 13.2 Å². The molecule has 1 aromatic heterocycles. The quantitative estimate of drug-likeness (QED) is 0.803. The molecule has 0 amide bonds. The van der Waals surface area contributed by atoms with E-state index in [1.165, 1.54) is 17.5 Å². The second-order valence-electron chi connectivity index (χ2n) is 2.57. The number of hydrogen-bond donors (Lipinski definition) is 1. The maximum Gasteiger partial charge on any atom is 0.408 e. The van der Waals surface area contributed by atoms with Gasteiger partial charge in [-0.15, -0.1) is 11.3 Å². The summed E-state index contributed by atoms with van der Waals surface area (Å²) in [5, 5.41) is 4.23. The number of nitrogens with zero attached hydrogens (tertiary/aromatic N) is 1. The number of rotatable bonds is 2. The van der Waals surface area contributed by atoms with Crippen LogP contribution in [0.1, 0.15) is 11.9 Å². The first-order valence-electron chi connectivity index (χ1n) is 3.68. The van der Waals surface area contributed by atoms with E-state index in [1.54, 1.807) is 5.38 Å². The number of thiocarbonyl (C=S) groups is 1. The van der Waals surface area contributed by atoms with E-state index in [-0.39, 0.29) is 4.99 Å². The van der Waals surface area contributed by atoms with Crippen molar-refractivity contribution in [3.05, 3.63) is 16.6 Å². The lowest BCUT2D eigenvalue weighted by Crippen LogP contribution is -2.42. The fourth-order valence-corrected chi connectivity index (χ4v) is 1.59. The van der Waals surface area contributed by atoms with Gasteiger partial charge in [0.05, 0.1) is 0 Å². The van der Waals surface area contributed by atoms with Crippen LogP contribution in [-0.4, -0.2) is 22.2 Å². The first-order valence-corrected chi connectivity index (χ1v) is 4.97. The molecular formula is C7H7F3N2S2. The summed E-state index contributed by atoms with van der Waals surface area (Å²) in [6.45, 7) is 1.01. The zero-order chi connectivity index (χ0) is 10.8. The number of halogens is 3. The van der Waals surface area contributed by atoms with Gasteiger partial charge < -0.3 is 5.32 Å². The smallest absolute Gasteiger partial charge is 0.363 e. The number of thiazole rings is 1. The molecule has 14 heavy (non-hydrogen) atoms. The summed E-state index contributed by atoms with van der Waals surface area (Å²) in [5.41, 5.74) is 0. The van der Waals surface area contributed by atoms with Crippen LogP contribution in [0, 0.1) is 0 Å². The molecule has 0 fully saturated rings. The molecule has 0 saturated heterocycles. The van der Waals surface area contributed by atoms with Crippen LogP contribution < -0.4 is 5.32 Å². The van der Waals surface area contributed by atoms with Gasteiger partial charge >= 0.3 is 6.18 Å². The van der Waals surface area contributed by atoms with Crippen LogP contribution >= 0.6 is 23.6 Å². The molecule has 1 heterocycles. The zero-order valence-electron chi connectivity index (χ0n) is 7.13. The lowest BCUT2D eigenvalue weighted by molar-refractivity contribution is -0.147. The van der Waals surface area contributed by atoms with E-state index in [9.17, 15) is 13.2 Å². The van der Waals surface area contributed by atoms with E-state index in [0.717, 1.165) is 6.92 Å². The van der Waals surface area contributed by atoms with Crippen LogP contribution in [0.3, 0.4) is 0 Å². The Morgan fingerprint density at radius 3 is 2.71 bits per heavy atom. The molecular weight excluding hydrogens is 233 g/mol. The molecule has 1 N–H and O–H groups in total. The highest BCUT2D eigenvalue weighted by Gasteiger charge is 2.36. The van der Waals surface area contributed by atoms with Gasteiger partial charge in [0.2, 0.25) is 0 Å². The maximum atomic E-state index is 12.1. The first-order chi connectivity index (χ1) is 6.41. The van der Waals surface area contributed by atoms with Crippen molar-refractivity contribution < 1.29 is 13.2 Å². The molecule has 0 aliphatic rings. The van der Waals surface area contributed by atoms with Crippen LogP contribution in [0.15, 0.2) is 11.6 Å². The zero-order valence-corrected chi connectivity index (χ0v) is 8.76. The Balaban J connectivity index is 2.58. The van der Waals surface area contributed by atoms with Crippen LogP contribution in [0.4, 0.5) is 13.2 Å². The minimum absolute atomic E-state index is 0.0322. The van der Waals surface area contributed by atoms with Crippen molar-refractivity contribution in [1.82, 2.24) is 10.3 Å². The highest BCUT2D eigenvalue weighted by molar-refractivity contribution is 7.81. The molecule has 1 atom stereocenters. The second kappa shape index (κ2) is 4.22. The normalized spacial score (nSPS) is 13.7. The predicted octanol–water partition coefficient (Wildman–Crippen LogP) is 2.36. The van der Waals surface area contributed by atoms with E-state index in [2.05, 4.69) is 10.3 Å². The highest BCUT2D eigenvalue weighted by atomic mass is 32.1. The monoisotopic (exact) mass is 240 g/mol. The van der Waals surface area contributed by atoms with Gasteiger partial charge in [0.15, 0.2) is 5.01 Å². The Labute approximate surface area is 88.2 Å². The van der Waals surface area contributed by atoms with E-state index in [4.69, 9.17) is 12.2 Å². The number of aromatic nitrogens is 1. The van der Waals surface area contributed by atoms with Gasteiger partial charge in [-0.25, -0.2) is 4.98 Å². The third-order valence-electron chi connectivity index (χ3n) is 1.47. The summed E-state index contributed by atoms with van der Waals surface area (Å²) >= 11 is 5.96. The predicted molar refractivity (Wildman–Crippen MR) is 52.5 cm³/mol. The SMILES string of the molecule is CC(NC(=S)c1nccs1)C(F)(F)F. The number of nitrogens with one attached hydrogen (secondary N) is 1. The third-order valence-corrected chi connectivity index (χ3v) is 2.70. The van der Waals surface area contributed by atoms with Gasteiger partial charge in [0, 0.05) is 11.6 Å². The standard InChI is InChI=1S/C7H7F3N2S2/c1-4(7(8,9)10)12-5(13)6-11-2-3-14-6/h2-4H,1H3,(H,12,13). The van der Waals surface area contributed by atoms with E-state index in [1.807, 2.05) is 0 Å². The van der Waals surface area contributed by atoms with Crippen molar-refractivity contribution in [2.45, 2.75) is 19.1 Å². The van der Waals surface area contributed by atoms with Crippen molar-refractivity contribution in [2.75, 3.05) is 0 Å². The minimum Gasteiger partial charge on any atom is -0.363 e. The average molecular weight is 240 g/mol. The van der Waals surface area contributed by atoms with Gasteiger partial charge in [0.1, 0.15) is 11.0 Å². The van der Waals surface area contributed by atoms with Crippen molar-refractivity contribution in [3.8, 4) is 0 Å². The lowest BCUT2D eigenvalue weighted by Gasteiger charge is -2.17. The van der Waals surface area contributed by atoms with E-state index in [0.29, 0.717) is 5.01 Å². The Morgan fingerprint density at radius 1 is 1.64 bits per heavy atom. The summed E-state index contributed by atoms with van der Waals surface area (Å²) in [7, 11) is 0. The Bertz CT molecular complexity index is 307. The Hall–Kier alpha value is -0.690. The van der Waals surface area contributed by atoms with Crippen LogP contribution in [0.5, 0.6) is 0 Å². The van der Waals surface area contributed by atoms with Crippen molar-refractivity contribution in [1.29, 1.82) is 0 Å². The van der Waals surface area contributed by atoms with Crippen LogP contribution in [-0.2, 0) is 0 Å². The largest absolute Gasteiger partial charge is 0.408 e.